The van der Waals surface area contributed by atoms with Crippen LogP contribution in [0.25, 0.3) is 10.9 Å². The van der Waals surface area contributed by atoms with Crippen LogP contribution in [-0.2, 0) is 6.42 Å². The summed E-state index contributed by atoms with van der Waals surface area (Å²) >= 11 is 0. The van der Waals surface area contributed by atoms with E-state index in [1.807, 2.05) is 19.1 Å². The number of nitrogen functional groups attached to an aromatic ring is 1. The molecule has 0 aliphatic heterocycles. The number of ether oxygens (including phenoxy) is 2. The number of aryl methyl sites for hydroxylation is 1. The average Bonchev–Trinajstić information content (AvgIpc) is 2.45. The molecule has 0 fully saturated rings. The number of aromatic nitrogens is 1. The number of methoxy groups -OCH3 is 2. The number of benzene rings is 1. The molecule has 102 valence electrons. The number of hydrogen-bond donors (Lipinski definition) is 2. The molecule has 0 radical (unpaired) electrons. The minimum absolute atomic E-state index is 0.710. The van der Waals surface area contributed by atoms with Crippen LogP contribution in [0.15, 0.2) is 12.1 Å². The van der Waals surface area contributed by atoms with E-state index < -0.39 is 0 Å². The number of anilines is 1. The van der Waals surface area contributed by atoms with E-state index in [-0.39, 0.29) is 0 Å². The third kappa shape index (κ3) is 2.06. The van der Waals surface area contributed by atoms with E-state index in [0.29, 0.717) is 5.75 Å². The van der Waals surface area contributed by atoms with Crippen LogP contribution < -0.4 is 20.7 Å². The fourth-order valence-corrected chi connectivity index (χ4v) is 2.32. The third-order valence-electron chi connectivity index (χ3n) is 3.33. The highest BCUT2D eigenvalue weighted by Crippen LogP contribution is 2.39. The number of hydrogen-bond acceptors (Lipinski definition) is 5. The van der Waals surface area contributed by atoms with Gasteiger partial charge in [-0.1, -0.05) is 6.92 Å². The summed E-state index contributed by atoms with van der Waals surface area (Å²) in [4.78, 5) is 4.68. The van der Waals surface area contributed by atoms with Gasteiger partial charge in [-0.25, -0.2) is 4.98 Å². The smallest absolute Gasteiger partial charge is 0.145 e. The Labute approximate surface area is 112 Å². The molecule has 1 heterocycles. The molecule has 0 saturated carbocycles. The van der Waals surface area contributed by atoms with Gasteiger partial charge in [0.05, 0.1) is 25.3 Å². The second-order valence-corrected chi connectivity index (χ2v) is 4.25. The first-order valence-corrected chi connectivity index (χ1v) is 6.18. The van der Waals surface area contributed by atoms with Crippen molar-refractivity contribution >= 4 is 16.6 Å². The lowest BCUT2D eigenvalue weighted by Crippen LogP contribution is -2.11. The molecule has 0 unspecified atom stereocenters. The third-order valence-corrected chi connectivity index (χ3v) is 3.33. The maximum atomic E-state index is 5.68. The van der Waals surface area contributed by atoms with Crippen LogP contribution >= 0.6 is 0 Å². The largest absolute Gasteiger partial charge is 0.496 e. The van der Waals surface area contributed by atoms with Crippen LogP contribution in [0.1, 0.15) is 18.2 Å². The Morgan fingerprint density at radius 3 is 2.37 bits per heavy atom. The Morgan fingerprint density at radius 2 is 1.84 bits per heavy atom. The zero-order valence-corrected chi connectivity index (χ0v) is 11.7. The molecule has 19 heavy (non-hydrogen) atoms. The molecule has 2 rings (SSSR count). The van der Waals surface area contributed by atoms with Crippen molar-refractivity contribution in [3.8, 4) is 11.5 Å². The summed E-state index contributed by atoms with van der Waals surface area (Å²) in [6.07, 6.45) is 0.830. The lowest BCUT2D eigenvalue weighted by molar-refractivity contribution is 0.409. The number of nitrogens with two attached hydrogens (primary N) is 1. The van der Waals surface area contributed by atoms with Crippen LogP contribution in [0.4, 0.5) is 5.69 Å². The molecule has 5 nitrogen and oxygen atoms in total. The predicted octanol–water partition coefficient (Wildman–Crippen LogP) is 2.41. The Morgan fingerprint density at radius 1 is 1.21 bits per heavy atom. The van der Waals surface area contributed by atoms with Crippen molar-refractivity contribution in [3.63, 3.8) is 0 Å². The van der Waals surface area contributed by atoms with E-state index >= 15 is 0 Å². The number of rotatable bonds is 4. The zero-order valence-electron chi connectivity index (χ0n) is 11.7. The number of nitrogens with one attached hydrogen (secondary N) is 1. The molecule has 1 aromatic carbocycles. The number of hydrazine groups is 1. The van der Waals surface area contributed by atoms with Gasteiger partial charge in [0.15, 0.2) is 0 Å². The second-order valence-electron chi connectivity index (χ2n) is 4.25. The molecule has 5 heteroatoms. The fourth-order valence-electron chi connectivity index (χ4n) is 2.32. The average molecular weight is 261 g/mol. The van der Waals surface area contributed by atoms with E-state index in [9.17, 15) is 0 Å². The van der Waals surface area contributed by atoms with E-state index in [4.69, 9.17) is 15.3 Å². The van der Waals surface area contributed by atoms with E-state index in [0.717, 1.165) is 40.0 Å². The highest BCUT2D eigenvalue weighted by molar-refractivity contribution is 6.01. The van der Waals surface area contributed by atoms with E-state index in [1.165, 1.54) is 0 Å². The lowest BCUT2D eigenvalue weighted by Gasteiger charge is -2.17. The van der Waals surface area contributed by atoms with Gasteiger partial charge >= 0.3 is 0 Å². The highest BCUT2D eigenvalue weighted by Gasteiger charge is 2.17. The van der Waals surface area contributed by atoms with Gasteiger partial charge in [-0.05, 0) is 31.0 Å². The van der Waals surface area contributed by atoms with Crippen molar-refractivity contribution in [2.45, 2.75) is 20.3 Å². The van der Waals surface area contributed by atoms with Crippen molar-refractivity contribution < 1.29 is 9.47 Å². The molecular formula is C14H19N3O2. The second kappa shape index (κ2) is 5.32. The summed E-state index contributed by atoms with van der Waals surface area (Å²) in [6.45, 7) is 4.06. The molecule has 0 spiro atoms. The van der Waals surface area contributed by atoms with Crippen LogP contribution in [-0.4, -0.2) is 19.2 Å². The summed E-state index contributed by atoms with van der Waals surface area (Å²) in [7, 11) is 3.26. The first-order valence-electron chi connectivity index (χ1n) is 6.18. The molecule has 3 N–H and O–H groups in total. The maximum absolute atomic E-state index is 5.68. The molecule has 0 bridgehead atoms. The Kier molecular flexibility index (Phi) is 3.76. The minimum Gasteiger partial charge on any atom is -0.496 e. The first-order chi connectivity index (χ1) is 9.17. The molecular weight excluding hydrogens is 242 g/mol. The molecule has 0 amide bonds. The first kappa shape index (κ1) is 13.4. The molecule has 0 atom stereocenters. The Balaban J connectivity index is 2.95. The van der Waals surface area contributed by atoms with Gasteiger partial charge in [0, 0.05) is 5.69 Å². The summed E-state index contributed by atoms with van der Waals surface area (Å²) in [5, 5.41) is 0.846. The van der Waals surface area contributed by atoms with Crippen molar-refractivity contribution in [2.75, 3.05) is 19.6 Å². The fraction of sp³-hybridized carbons (Fsp3) is 0.357. The van der Waals surface area contributed by atoms with Crippen LogP contribution in [0.5, 0.6) is 11.5 Å². The number of fused-ring (bicyclic) bond motifs is 1. The van der Waals surface area contributed by atoms with Gasteiger partial charge in [0.1, 0.15) is 17.0 Å². The van der Waals surface area contributed by atoms with Gasteiger partial charge < -0.3 is 14.9 Å². The van der Waals surface area contributed by atoms with Crippen molar-refractivity contribution in [2.24, 2.45) is 5.84 Å². The van der Waals surface area contributed by atoms with E-state index in [2.05, 4.69) is 17.3 Å². The summed E-state index contributed by atoms with van der Waals surface area (Å²) < 4.78 is 10.8. The monoisotopic (exact) mass is 261 g/mol. The lowest BCUT2D eigenvalue weighted by atomic mass is 10.0. The number of pyridine rings is 1. The molecule has 0 aliphatic carbocycles. The topological polar surface area (TPSA) is 69.4 Å². The molecule has 0 saturated heterocycles. The summed E-state index contributed by atoms with van der Waals surface area (Å²) in [5.41, 5.74) is 6.38. The standard InChI is InChI=1S/C14H19N3O2/c1-5-9-8(2)13(17-15)12-10(18-3)6-7-11(19-4)14(12)16-9/h6-7H,5,15H2,1-4H3,(H,16,17). The predicted molar refractivity (Wildman–Crippen MR) is 76.8 cm³/mol. The van der Waals surface area contributed by atoms with E-state index in [1.54, 1.807) is 14.2 Å². The van der Waals surface area contributed by atoms with Gasteiger partial charge in [-0.3, -0.25) is 5.84 Å². The summed E-state index contributed by atoms with van der Waals surface area (Å²) in [5.74, 6) is 7.12. The highest BCUT2D eigenvalue weighted by atomic mass is 16.5. The minimum atomic E-state index is 0.710. The quantitative estimate of drug-likeness (QED) is 0.653. The molecule has 0 aliphatic rings. The van der Waals surface area contributed by atoms with Crippen LogP contribution in [0, 0.1) is 6.92 Å². The van der Waals surface area contributed by atoms with Gasteiger partial charge in [-0.15, -0.1) is 0 Å². The molecule has 2 aromatic rings. The Hall–Kier alpha value is -2.01. The van der Waals surface area contributed by atoms with Crippen LogP contribution in [0.2, 0.25) is 0 Å². The normalized spacial score (nSPS) is 10.6. The van der Waals surface area contributed by atoms with Crippen molar-refractivity contribution in [1.29, 1.82) is 0 Å². The van der Waals surface area contributed by atoms with Gasteiger partial charge in [0.25, 0.3) is 0 Å². The Bertz CT molecular complexity index is 611. The SMILES string of the molecule is CCc1nc2c(OC)ccc(OC)c2c(NN)c1C. The molecule has 1 aromatic heterocycles. The van der Waals surface area contributed by atoms with Crippen LogP contribution in [0.3, 0.4) is 0 Å². The zero-order chi connectivity index (χ0) is 14.0. The summed E-state index contributed by atoms with van der Waals surface area (Å²) in [6, 6.07) is 3.71. The maximum Gasteiger partial charge on any atom is 0.145 e. The number of nitrogens with zero attached hydrogens (tertiary/aromatic N) is 1. The van der Waals surface area contributed by atoms with Crippen molar-refractivity contribution in [1.82, 2.24) is 4.98 Å². The van der Waals surface area contributed by atoms with Gasteiger partial charge in [0.2, 0.25) is 0 Å². The van der Waals surface area contributed by atoms with Gasteiger partial charge in [-0.2, -0.15) is 0 Å². The van der Waals surface area contributed by atoms with Crippen molar-refractivity contribution in [3.05, 3.63) is 23.4 Å².